The summed E-state index contributed by atoms with van der Waals surface area (Å²) in [4.78, 5) is 11.8. The second-order valence-corrected chi connectivity index (χ2v) is 5.16. The fraction of sp³-hybridized carbons (Fsp3) is 0.500. The highest BCUT2D eigenvalue weighted by Gasteiger charge is 2.45. The molecule has 2 fully saturated rings. The van der Waals surface area contributed by atoms with Crippen LogP contribution in [0, 0.1) is 17.6 Å². The maximum atomic E-state index is 13.4. The number of fused-ring (bicyclic) bond motifs is 1. The van der Waals surface area contributed by atoms with Crippen LogP contribution in [0.3, 0.4) is 0 Å². The van der Waals surface area contributed by atoms with E-state index in [1.54, 1.807) is 0 Å². The van der Waals surface area contributed by atoms with E-state index in [2.05, 4.69) is 5.32 Å². The van der Waals surface area contributed by atoms with Gasteiger partial charge in [-0.25, -0.2) is 8.78 Å². The smallest absolute Gasteiger partial charge is 0.224 e. The predicted molar refractivity (Wildman–Crippen MR) is 64.5 cm³/mol. The third-order valence-corrected chi connectivity index (χ3v) is 3.99. The average molecular weight is 267 g/mol. The van der Waals surface area contributed by atoms with Crippen LogP contribution in [-0.4, -0.2) is 24.7 Å². The van der Waals surface area contributed by atoms with Crippen LogP contribution in [-0.2, 0) is 16.0 Å². The molecular weight excluding hydrogens is 252 g/mol. The van der Waals surface area contributed by atoms with E-state index in [0.717, 1.165) is 25.5 Å². The van der Waals surface area contributed by atoms with Gasteiger partial charge in [0.25, 0.3) is 0 Å². The summed E-state index contributed by atoms with van der Waals surface area (Å²) in [6, 6.07) is 4.01. The summed E-state index contributed by atoms with van der Waals surface area (Å²) in [6.45, 7) is 0.750. The summed E-state index contributed by atoms with van der Waals surface area (Å²) < 4.78 is 31.9. The Morgan fingerprint density at radius 1 is 1.42 bits per heavy atom. The standard InChI is InChI=1S/C14H15F2NO2/c15-10-3-1-2-8(14(10)16)6-13(18)17-11-7-12-9(11)4-5-19-12/h1-3,9,11-12H,4-7H2,(H,17,18)/t9-,11+,12+/m0/s1. The molecule has 1 amide bonds. The molecule has 1 aliphatic carbocycles. The second-order valence-electron chi connectivity index (χ2n) is 5.16. The van der Waals surface area contributed by atoms with Crippen LogP contribution < -0.4 is 5.32 Å². The summed E-state index contributed by atoms with van der Waals surface area (Å²) in [6.07, 6.45) is 1.93. The topological polar surface area (TPSA) is 38.3 Å². The van der Waals surface area contributed by atoms with Crippen LogP contribution in [0.25, 0.3) is 0 Å². The van der Waals surface area contributed by atoms with Crippen molar-refractivity contribution in [2.75, 3.05) is 6.61 Å². The minimum Gasteiger partial charge on any atom is -0.378 e. The van der Waals surface area contributed by atoms with E-state index in [1.807, 2.05) is 0 Å². The quantitative estimate of drug-likeness (QED) is 0.907. The third kappa shape index (κ3) is 2.34. The third-order valence-electron chi connectivity index (χ3n) is 3.99. The van der Waals surface area contributed by atoms with E-state index >= 15 is 0 Å². The first kappa shape index (κ1) is 12.5. The lowest BCUT2D eigenvalue weighted by Gasteiger charge is -2.39. The zero-order valence-corrected chi connectivity index (χ0v) is 10.4. The maximum absolute atomic E-state index is 13.4. The number of amides is 1. The van der Waals surface area contributed by atoms with E-state index in [4.69, 9.17) is 4.74 Å². The maximum Gasteiger partial charge on any atom is 0.224 e. The normalized spacial score (nSPS) is 28.6. The largest absolute Gasteiger partial charge is 0.378 e. The van der Waals surface area contributed by atoms with Gasteiger partial charge in [-0.15, -0.1) is 0 Å². The first-order chi connectivity index (χ1) is 9.15. The lowest BCUT2D eigenvalue weighted by Crippen LogP contribution is -2.53. The van der Waals surface area contributed by atoms with Gasteiger partial charge in [-0.05, 0) is 18.9 Å². The highest BCUT2D eigenvalue weighted by molar-refractivity contribution is 5.79. The van der Waals surface area contributed by atoms with Crippen LogP contribution in [0.5, 0.6) is 0 Å². The van der Waals surface area contributed by atoms with Crippen molar-refractivity contribution in [1.82, 2.24) is 5.32 Å². The molecule has 19 heavy (non-hydrogen) atoms. The van der Waals surface area contributed by atoms with E-state index in [-0.39, 0.29) is 30.0 Å². The van der Waals surface area contributed by atoms with Gasteiger partial charge in [0.1, 0.15) is 0 Å². The van der Waals surface area contributed by atoms with Gasteiger partial charge < -0.3 is 10.1 Å². The first-order valence-corrected chi connectivity index (χ1v) is 6.49. The average Bonchev–Trinajstić information content (AvgIpc) is 2.74. The molecule has 5 heteroatoms. The van der Waals surface area contributed by atoms with Crippen molar-refractivity contribution >= 4 is 5.91 Å². The number of nitrogens with one attached hydrogen (secondary N) is 1. The number of halogens is 2. The van der Waals surface area contributed by atoms with Gasteiger partial charge in [0, 0.05) is 24.1 Å². The SMILES string of the molecule is O=C(Cc1cccc(F)c1F)N[C@@H]1C[C@H]2OCC[C@@H]12. The van der Waals surface area contributed by atoms with Crippen LogP contribution >= 0.6 is 0 Å². The molecule has 1 saturated heterocycles. The zero-order chi connectivity index (χ0) is 13.4. The number of hydrogen-bond acceptors (Lipinski definition) is 2. The Balaban J connectivity index is 1.58. The van der Waals surface area contributed by atoms with Crippen LogP contribution in [0.1, 0.15) is 18.4 Å². The monoisotopic (exact) mass is 267 g/mol. The summed E-state index contributed by atoms with van der Waals surface area (Å²) in [5.41, 5.74) is 0.0936. The predicted octanol–water partition coefficient (Wildman–Crippen LogP) is 1.80. The molecule has 1 aromatic carbocycles. The van der Waals surface area contributed by atoms with Gasteiger partial charge in [0.15, 0.2) is 11.6 Å². The van der Waals surface area contributed by atoms with Crippen molar-refractivity contribution in [3.05, 3.63) is 35.4 Å². The van der Waals surface area contributed by atoms with E-state index < -0.39 is 11.6 Å². The summed E-state index contributed by atoms with van der Waals surface area (Å²) in [7, 11) is 0. The molecule has 1 heterocycles. The van der Waals surface area contributed by atoms with Crippen molar-refractivity contribution < 1.29 is 18.3 Å². The van der Waals surface area contributed by atoms with Gasteiger partial charge in [-0.1, -0.05) is 12.1 Å². The van der Waals surface area contributed by atoms with Gasteiger partial charge in [-0.3, -0.25) is 4.79 Å². The molecule has 0 aromatic heterocycles. The number of rotatable bonds is 3. The number of carbonyl (C=O) groups is 1. The second kappa shape index (κ2) is 4.89. The fourth-order valence-electron chi connectivity index (χ4n) is 2.88. The molecule has 2 aliphatic rings. The van der Waals surface area contributed by atoms with E-state index in [0.29, 0.717) is 5.92 Å². The van der Waals surface area contributed by atoms with Gasteiger partial charge in [0.05, 0.1) is 12.5 Å². The molecule has 0 radical (unpaired) electrons. The highest BCUT2D eigenvalue weighted by atomic mass is 19.2. The number of benzene rings is 1. The summed E-state index contributed by atoms with van der Waals surface area (Å²) >= 11 is 0. The minimum atomic E-state index is -0.937. The lowest BCUT2D eigenvalue weighted by molar-refractivity contribution is -0.123. The number of ether oxygens (including phenoxy) is 1. The Hall–Kier alpha value is -1.49. The Labute approximate surface area is 109 Å². The van der Waals surface area contributed by atoms with Crippen LogP contribution in [0.2, 0.25) is 0 Å². The Morgan fingerprint density at radius 3 is 3.05 bits per heavy atom. The Bertz CT molecular complexity index is 506. The van der Waals surface area contributed by atoms with Crippen molar-refractivity contribution in [3.63, 3.8) is 0 Å². The highest BCUT2D eigenvalue weighted by Crippen LogP contribution is 2.38. The zero-order valence-electron chi connectivity index (χ0n) is 10.4. The molecular formula is C14H15F2NO2. The Morgan fingerprint density at radius 2 is 2.26 bits per heavy atom. The number of carbonyl (C=O) groups excluding carboxylic acids is 1. The molecule has 3 atom stereocenters. The van der Waals surface area contributed by atoms with E-state index in [1.165, 1.54) is 12.1 Å². The molecule has 1 saturated carbocycles. The Kier molecular flexibility index (Phi) is 3.22. The molecule has 0 unspecified atom stereocenters. The molecule has 1 N–H and O–H groups in total. The van der Waals surface area contributed by atoms with E-state index in [9.17, 15) is 13.6 Å². The molecule has 3 nitrogen and oxygen atoms in total. The molecule has 102 valence electrons. The number of hydrogen-bond donors (Lipinski definition) is 1. The first-order valence-electron chi connectivity index (χ1n) is 6.49. The molecule has 1 aromatic rings. The molecule has 0 spiro atoms. The molecule has 3 rings (SSSR count). The summed E-state index contributed by atoms with van der Waals surface area (Å²) in [5, 5.41) is 2.87. The van der Waals surface area contributed by atoms with Crippen LogP contribution in [0.4, 0.5) is 8.78 Å². The van der Waals surface area contributed by atoms with Gasteiger partial charge >= 0.3 is 0 Å². The summed E-state index contributed by atoms with van der Waals surface area (Å²) in [5.74, 6) is -1.73. The van der Waals surface area contributed by atoms with Crippen molar-refractivity contribution in [2.24, 2.45) is 5.92 Å². The fourth-order valence-corrected chi connectivity index (χ4v) is 2.88. The van der Waals surface area contributed by atoms with Gasteiger partial charge in [-0.2, -0.15) is 0 Å². The van der Waals surface area contributed by atoms with Gasteiger partial charge in [0.2, 0.25) is 5.91 Å². The molecule has 1 aliphatic heterocycles. The van der Waals surface area contributed by atoms with Crippen molar-refractivity contribution in [3.8, 4) is 0 Å². The van der Waals surface area contributed by atoms with Crippen LogP contribution in [0.15, 0.2) is 18.2 Å². The minimum absolute atomic E-state index is 0.0936. The van der Waals surface area contributed by atoms with Crippen molar-refractivity contribution in [2.45, 2.75) is 31.4 Å². The molecule has 0 bridgehead atoms. The lowest BCUT2D eigenvalue weighted by atomic mass is 9.76. The van der Waals surface area contributed by atoms with Crippen molar-refractivity contribution in [1.29, 1.82) is 0 Å².